The minimum atomic E-state index is -0.512. The molecule has 7 heteroatoms. The summed E-state index contributed by atoms with van der Waals surface area (Å²) in [5.41, 5.74) is 2.78. The highest BCUT2D eigenvalue weighted by molar-refractivity contribution is 7.17. The summed E-state index contributed by atoms with van der Waals surface area (Å²) in [7, 11) is 0. The second kappa shape index (κ2) is 7.23. The second-order valence-corrected chi connectivity index (χ2v) is 6.55. The van der Waals surface area contributed by atoms with E-state index in [9.17, 15) is 14.9 Å². The molecule has 126 valence electrons. The number of amides is 1. The Balaban J connectivity index is 1.91. The number of carbonyl (C=O) groups is 1. The highest BCUT2D eigenvalue weighted by Crippen LogP contribution is 2.24. The number of aryl methyl sites for hydroxylation is 1. The van der Waals surface area contributed by atoms with Crippen molar-refractivity contribution >= 4 is 22.2 Å². The van der Waals surface area contributed by atoms with Gasteiger partial charge in [-0.05, 0) is 30.7 Å². The number of nitro groups is 1. The molecule has 0 bridgehead atoms. The molecule has 1 amide bonds. The van der Waals surface area contributed by atoms with Gasteiger partial charge in [-0.25, -0.2) is 0 Å². The van der Waals surface area contributed by atoms with E-state index in [1.54, 1.807) is 12.1 Å². The minimum absolute atomic E-state index is 0.0702. The van der Waals surface area contributed by atoms with Crippen LogP contribution in [-0.4, -0.2) is 15.4 Å². The van der Waals surface area contributed by atoms with Crippen LogP contribution < -0.4 is 5.49 Å². The summed E-state index contributed by atoms with van der Waals surface area (Å²) in [6.07, 6.45) is 1.85. The fourth-order valence-electron chi connectivity index (χ4n) is 2.29. The number of pyridine rings is 1. The predicted octanol–water partition coefficient (Wildman–Crippen LogP) is 3.56. The molecular weight excluding hydrogens is 338 g/mol. The van der Waals surface area contributed by atoms with Crippen molar-refractivity contribution in [2.45, 2.75) is 13.5 Å². The topological polar surface area (TPSA) is 77.5 Å². The van der Waals surface area contributed by atoms with Crippen molar-refractivity contribution in [3.05, 3.63) is 92.4 Å². The van der Waals surface area contributed by atoms with E-state index in [0.717, 1.165) is 16.9 Å². The van der Waals surface area contributed by atoms with Crippen molar-refractivity contribution in [3.8, 4) is 0 Å². The molecule has 3 rings (SSSR count). The van der Waals surface area contributed by atoms with Crippen molar-refractivity contribution < 1.29 is 9.72 Å². The molecule has 2 heterocycles. The van der Waals surface area contributed by atoms with Crippen molar-refractivity contribution in [2.24, 2.45) is 4.99 Å². The van der Waals surface area contributed by atoms with Gasteiger partial charge in [-0.2, -0.15) is 4.99 Å². The van der Waals surface area contributed by atoms with E-state index in [-0.39, 0.29) is 9.88 Å². The summed E-state index contributed by atoms with van der Waals surface area (Å²) < 4.78 is 1.87. The molecule has 0 aliphatic heterocycles. The van der Waals surface area contributed by atoms with Crippen LogP contribution in [0.5, 0.6) is 0 Å². The highest BCUT2D eigenvalue weighted by atomic mass is 32.1. The third-order valence-electron chi connectivity index (χ3n) is 3.59. The summed E-state index contributed by atoms with van der Waals surface area (Å²) in [6, 6.07) is 16.3. The number of hydrogen-bond donors (Lipinski definition) is 0. The summed E-state index contributed by atoms with van der Waals surface area (Å²) in [6.45, 7) is 2.61. The maximum absolute atomic E-state index is 12.3. The van der Waals surface area contributed by atoms with Gasteiger partial charge in [0.2, 0.25) is 0 Å². The first-order chi connectivity index (χ1) is 12.0. The number of rotatable bonds is 4. The standard InChI is InChI=1S/C18H15N3O3S/c1-13-5-7-14(8-6-13)12-20-11-3-2-4-16(20)19-18(22)15-9-10-17(25-15)21(23)24/h2-11H,12H2,1H3. The molecule has 0 fully saturated rings. The minimum Gasteiger partial charge on any atom is -0.328 e. The fourth-order valence-corrected chi connectivity index (χ4v) is 3.00. The Labute approximate surface area is 147 Å². The predicted molar refractivity (Wildman–Crippen MR) is 95.6 cm³/mol. The van der Waals surface area contributed by atoms with Crippen LogP contribution in [0.1, 0.15) is 20.8 Å². The van der Waals surface area contributed by atoms with Gasteiger partial charge in [0.15, 0.2) is 0 Å². The molecule has 25 heavy (non-hydrogen) atoms. The Bertz CT molecular complexity index is 987. The lowest BCUT2D eigenvalue weighted by atomic mass is 10.1. The lowest BCUT2D eigenvalue weighted by Crippen LogP contribution is -2.21. The largest absolute Gasteiger partial charge is 0.328 e. The summed E-state index contributed by atoms with van der Waals surface area (Å²) in [5.74, 6) is -0.484. The van der Waals surface area contributed by atoms with Gasteiger partial charge in [0.05, 0.1) is 4.92 Å². The van der Waals surface area contributed by atoms with E-state index in [1.165, 1.54) is 17.7 Å². The number of hydrogen-bond acceptors (Lipinski definition) is 4. The zero-order valence-electron chi connectivity index (χ0n) is 13.5. The zero-order chi connectivity index (χ0) is 17.8. The first-order valence-corrected chi connectivity index (χ1v) is 8.39. The van der Waals surface area contributed by atoms with Crippen LogP contribution in [0.2, 0.25) is 0 Å². The SMILES string of the molecule is Cc1ccc(Cn2ccccc2=NC(=O)c2ccc([N+](=O)[O-])s2)cc1. The molecule has 0 saturated heterocycles. The van der Waals surface area contributed by atoms with Crippen LogP contribution in [0.25, 0.3) is 0 Å². The van der Waals surface area contributed by atoms with Gasteiger partial charge in [-0.15, -0.1) is 0 Å². The van der Waals surface area contributed by atoms with Crippen molar-refractivity contribution in [2.75, 3.05) is 0 Å². The summed E-state index contributed by atoms with van der Waals surface area (Å²) in [5, 5.41) is 10.7. The Morgan fingerprint density at radius 2 is 1.92 bits per heavy atom. The van der Waals surface area contributed by atoms with Gasteiger partial charge < -0.3 is 4.57 Å². The number of benzene rings is 1. The van der Waals surface area contributed by atoms with Crippen molar-refractivity contribution in [1.29, 1.82) is 0 Å². The van der Waals surface area contributed by atoms with Gasteiger partial charge in [0, 0.05) is 18.8 Å². The monoisotopic (exact) mass is 353 g/mol. The third kappa shape index (κ3) is 4.07. The molecular formula is C18H15N3O3S. The number of nitrogens with zero attached hydrogens (tertiary/aromatic N) is 3. The molecule has 0 spiro atoms. The summed E-state index contributed by atoms with van der Waals surface area (Å²) >= 11 is 0.828. The Kier molecular flexibility index (Phi) is 4.85. The van der Waals surface area contributed by atoms with E-state index in [1.807, 2.05) is 48.0 Å². The second-order valence-electron chi connectivity index (χ2n) is 5.48. The average Bonchev–Trinajstić information content (AvgIpc) is 3.09. The quantitative estimate of drug-likeness (QED) is 0.531. The molecule has 1 aromatic carbocycles. The van der Waals surface area contributed by atoms with Gasteiger partial charge in [0.1, 0.15) is 10.4 Å². The van der Waals surface area contributed by atoms with Gasteiger partial charge in [0.25, 0.3) is 5.91 Å². The highest BCUT2D eigenvalue weighted by Gasteiger charge is 2.14. The molecule has 0 unspecified atom stereocenters. The van der Waals surface area contributed by atoms with Crippen LogP contribution in [0.15, 0.2) is 65.8 Å². The molecule has 0 aliphatic rings. The third-order valence-corrected chi connectivity index (χ3v) is 4.61. The van der Waals surface area contributed by atoms with Gasteiger partial charge >= 0.3 is 5.00 Å². The Morgan fingerprint density at radius 3 is 2.60 bits per heavy atom. The van der Waals surface area contributed by atoms with Gasteiger partial charge in [-0.3, -0.25) is 14.9 Å². The maximum atomic E-state index is 12.3. The Hall–Kier alpha value is -3.06. The maximum Gasteiger partial charge on any atom is 0.324 e. The lowest BCUT2D eigenvalue weighted by Gasteiger charge is -2.07. The summed E-state index contributed by atoms with van der Waals surface area (Å²) in [4.78, 5) is 26.9. The van der Waals surface area contributed by atoms with E-state index in [0.29, 0.717) is 12.0 Å². The molecule has 0 saturated carbocycles. The van der Waals surface area contributed by atoms with Crippen LogP contribution in [0, 0.1) is 17.0 Å². The van der Waals surface area contributed by atoms with Crippen LogP contribution in [0.3, 0.4) is 0 Å². The smallest absolute Gasteiger partial charge is 0.324 e. The fraction of sp³-hybridized carbons (Fsp3) is 0.111. The molecule has 6 nitrogen and oxygen atoms in total. The number of aromatic nitrogens is 1. The molecule has 0 radical (unpaired) electrons. The first-order valence-electron chi connectivity index (χ1n) is 7.57. The molecule has 3 aromatic rings. The number of carbonyl (C=O) groups excluding carboxylic acids is 1. The number of thiophene rings is 1. The van der Waals surface area contributed by atoms with E-state index < -0.39 is 10.8 Å². The van der Waals surface area contributed by atoms with Crippen LogP contribution in [0.4, 0.5) is 5.00 Å². The average molecular weight is 353 g/mol. The van der Waals surface area contributed by atoms with E-state index in [2.05, 4.69) is 4.99 Å². The zero-order valence-corrected chi connectivity index (χ0v) is 14.3. The first kappa shape index (κ1) is 16.8. The van der Waals surface area contributed by atoms with E-state index in [4.69, 9.17) is 0 Å². The Morgan fingerprint density at radius 1 is 1.16 bits per heavy atom. The molecule has 0 aliphatic carbocycles. The molecule has 2 aromatic heterocycles. The van der Waals surface area contributed by atoms with Gasteiger partial charge in [-0.1, -0.05) is 47.2 Å². The van der Waals surface area contributed by atoms with Crippen molar-refractivity contribution in [3.63, 3.8) is 0 Å². The molecule has 0 atom stereocenters. The molecule has 0 N–H and O–H groups in total. The van der Waals surface area contributed by atoms with Crippen molar-refractivity contribution in [1.82, 2.24) is 4.57 Å². The van der Waals surface area contributed by atoms with Crippen LogP contribution >= 0.6 is 11.3 Å². The van der Waals surface area contributed by atoms with E-state index >= 15 is 0 Å². The normalized spacial score (nSPS) is 11.5. The lowest BCUT2D eigenvalue weighted by molar-refractivity contribution is -0.380. The van der Waals surface area contributed by atoms with Crippen LogP contribution in [-0.2, 0) is 6.54 Å².